The number of nitrogens with zero attached hydrogens (tertiary/aromatic N) is 4. The fourth-order valence-corrected chi connectivity index (χ4v) is 6.35. The van der Waals surface area contributed by atoms with Crippen LogP contribution in [0.25, 0.3) is 0 Å². The van der Waals surface area contributed by atoms with Crippen LogP contribution in [0, 0.1) is 11.8 Å². The molecule has 3 aliphatic heterocycles. The number of azo groups is 1. The number of para-hydroxylation sites is 2. The SMILES string of the molecule is C=CC[C@@H]1C(=O)c2ccccc2N=C1SC1=CC[C@@H](SC2=Nc3ccccc3C(=O)[C@@H]2CC=C)N=N1. The second kappa shape index (κ2) is 10.7. The van der Waals surface area contributed by atoms with Gasteiger partial charge >= 0.3 is 0 Å². The fraction of sp³-hybridized carbons (Fsp3) is 0.214. The highest BCUT2D eigenvalue weighted by Gasteiger charge is 2.34. The van der Waals surface area contributed by atoms with Gasteiger partial charge in [0.05, 0.1) is 33.3 Å². The molecule has 0 radical (unpaired) electrons. The number of benzene rings is 2. The number of hydrogen-bond donors (Lipinski definition) is 0. The molecule has 2 aromatic rings. The molecule has 0 saturated carbocycles. The maximum Gasteiger partial charge on any atom is 0.174 e. The topological polar surface area (TPSA) is 83.6 Å². The van der Waals surface area contributed by atoms with Gasteiger partial charge < -0.3 is 0 Å². The molecular weight excluding hydrogens is 488 g/mol. The lowest BCUT2D eigenvalue weighted by Gasteiger charge is -2.25. The van der Waals surface area contributed by atoms with Gasteiger partial charge in [0.15, 0.2) is 11.6 Å². The van der Waals surface area contributed by atoms with Gasteiger partial charge in [0.1, 0.15) is 10.4 Å². The van der Waals surface area contributed by atoms with E-state index in [4.69, 9.17) is 9.98 Å². The molecule has 0 saturated heterocycles. The maximum absolute atomic E-state index is 13.1. The van der Waals surface area contributed by atoms with Gasteiger partial charge in [-0.25, -0.2) is 9.98 Å². The van der Waals surface area contributed by atoms with Crippen LogP contribution in [0.3, 0.4) is 0 Å². The van der Waals surface area contributed by atoms with Crippen LogP contribution in [0.2, 0.25) is 0 Å². The van der Waals surface area contributed by atoms with E-state index in [1.807, 2.05) is 54.6 Å². The smallest absolute Gasteiger partial charge is 0.174 e. The summed E-state index contributed by atoms with van der Waals surface area (Å²) < 4.78 is 0. The highest BCUT2D eigenvalue weighted by Crippen LogP contribution is 2.40. The lowest BCUT2D eigenvalue weighted by molar-refractivity contribution is 0.0947. The van der Waals surface area contributed by atoms with Crippen molar-refractivity contribution in [3.63, 3.8) is 0 Å². The minimum atomic E-state index is -0.368. The Bertz CT molecular complexity index is 1380. The third-order valence-corrected chi connectivity index (χ3v) is 8.30. The summed E-state index contributed by atoms with van der Waals surface area (Å²) in [6, 6.07) is 14.8. The predicted molar refractivity (Wildman–Crippen MR) is 149 cm³/mol. The zero-order valence-corrected chi connectivity index (χ0v) is 21.2. The van der Waals surface area contributed by atoms with Gasteiger partial charge in [0, 0.05) is 17.5 Å². The molecule has 5 rings (SSSR count). The van der Waals surface area contributed by atoms with E-state index in [0.717, 1.165) is 5.04 Å². The first kappa shape index (κ1) is 24.3. The van der Waals surface area contributed by atoms with E-state index in [0.29, 0.717) is 51.8 Å². The summed E-state index contributed by atoms with van der Waals surface area (Å²) in [6.07, 6.45) is 7.20. The number of Topliss-reactive ketones (excluding diaryl/α,β-unsaturated/α-hetero) is 2. The second-order valence-electron chi connectivity index (χ2n) is 8.48. The highest BCUT2D eigenvalue weighted by atomic mass is 32.2. The van der Waals surface area contributed by atoms with E-state index in [1.54, 1.807) is 12.2 Å². The summed E-state index contributed by atoms with van der Waals surface area (Å²) >= 11 is 2.85. The van der Waals surface area contributed by atoms with E-state index in [2.05, 4.69) is 23.4 Å². The number of carbonyl (C=O) groups excluding carboxylic acids is 2. The Morgan fingerprint density at radius 2 is 1.39 bits per heavy atom. The molecule has 0 bridgehead atoms. The van der Waals surface area contributed by atoms with Crippen molar-refractivity contribution >= 4 is 56.6 Å². The number of thioether (sulfide) groups is 2. The Morgan fingerprint density at radius 3 is 1.94 bits per heavy atom. The molecule has 3 heterocycles. The van der Waals surface area contributed by atoms with E-state index in [9.17, 15) is 9.59 Å². The lowest BCUT2D eigenvalue weighted by atomic mass is 9.92. The highest BCUT2D eigenvalue weighted by molar-refractivity contribution is 8.17. The Morgan fingerprint density at radius 1 is 0.833 bits per heavy atom. The summed E-state index contributed by atoms with van der Waals surface area (Å²) in [5.41, 5.74) is 2.66. The molecule has 6 nitrogen and oxygen atoms in total. The molecule has 0 fully saturated rings. The van der Waals surface area contributed by atoms with Crippen molar-refractivity contribution < 1.29 is 9.59 Å². The molecule has 3 aliphatic rings. The van der Waals surface area contributed by atoms with Gasteiger partial charge in [0.25, 0.3) is 0 Å². The van der Waals surface area contributed by atoms with Crippen molar-refractivity contribution in [2.75, 3.05) is 0 Å². The first-order valence-corrected chi connectivity index (χ1v) is 13.4. The van der Waals surface area contributed by atoms with E-state index < -0.39 is 0 Å². The molecule has 0 spiro atoms. The molecule has 0 amide bonds. The third-order valence-electron chi connectivity index (χ3n) is 6.08. The zero-order valence-electron chi connectivity index (χ0n) is 19.5. The molecule has 2 aromatic carbocycles. The minimum absolute atomic E-state index is 0.0540. The average molecular weight is 513 g/mol. The number of hydrogen-bond acceptors (Lipinski definition) is 8. The molecule has 36 heavy (non-hydrogen) atoms. The molecular formula is C28H24N4O2S2. The molecule has 0 N–H and O–H groups in total. The quantitative estimate of drug-likeness (QED) is 0.371. The van der Waals surface area contributed by atoms with Gasteiger partial charge in [-0.1, -0.05) is 59.9 Å². The summed E-state index contributed by atoms with van der Waals surface area (Å²) in [5, 5.41) is 10.9. The molecule has 3 atom stereocenters. The van der Waals surface area contributed by atoms with Crippen molar-refractivity contribution in [1.82, 2.24) is 0 Å². The number of rotatable bonds is 6. The number of ketones is 2. The van der Waals surface area contributed by atoms with Crippen LogP contribution in [0.4, 0.5) is 11.4 Å². The second-order valence-corrected chi connectivity index (χ2v) is 10.7. The number of fused-ring (bicyclic) bond motifs is 2. The van der Waals surface area contributed by atoms with Crippen molar-refractivity contribution in [1.29, 1.82) is 0 Å². The first-order chi connectivity index (χ1) is 17.6. The van der Waals surface area contributed by atoms with Crippen molar-refractivity contribution in [2.24, 2.45) is 32.0 Å². The van der Waals surface area contributed by atoms with Crippen LogP contribution in [-0.2, 0) is 0 Å². The van der Waals surface area contributed by atoms with Gasteiger partial charge in [-0.05, 0) is 43.2 Å². The Balaban J connectivity index is 1.32. The Kier molecular flexibility index (Phi) is 7.25. The lowest BCUT2D eigenvalue weighted by Crippen LogP contribution is -2.26. The minimum Gasteiger partial charge on any atom is -0.293 e. The third kappa shape index (κ3) is 4.83. The van der Waals surface area contributed by atoms with Crippen LogP contribution in [0.1, 0.15) is 40.0 Å². The van der Waals surface area contributed by atoms with Crippen LogP contribution < -0.4 is 0 Å². The maximum atomic E-state index is 13.1. The van der Waals surface area contributed by atoms with Gasteiger partial charge in [-0.2, -0.15) is 5.11 Å². The standard InChI is InChI=1S/C28H24N4O2S2/c1-3-9-19-25(33)17-11-5-7-13-21(17)29-27(19)35-23-15-16-24(32-31-23)36-28-20(10-4-2)26(34)18-12-6-8-14-22(18)30-28/h3-8,11-15,19-20,24H,1-2,9-10,16H2/t19-,20+,24-/m1/s1. The van der Waals surface area contributed by atoms with Gasteiger partial charge in [-0.3, -0.25) is 9.59 Å². The van der Waals surface area contributed by atoms with Crippen molar-refractivity contribution in [2.45, 2.75) is 24.6 Å². The molecule has 0 unspecified atom stereocenters. The van der Waals surface area contributed by atoms with Crippen LogP contribution in [-0.4, -0.2) is 27.0 Å². The van der Waals surface area contributed by atoms with Crippen LogP contribution >= 0.6 is 23.5 Å². The predicted octanol–water partition coefficient (Wildman–Crippen LogP) is 7.71. The first-order valence-electron chi connectivity index (χ1n) is 11.7. The van der Waals surface area contributed by atoms with Crippen molar-refractivity contribution in [3.8, 4) is 0 Å². The average Bonchev–Trinajstić information content (AvgIpc) is 2.90. The van der Waals surface area contributed by atoms with Crippen LogP contribution in [0.15, 0.2) is 105 Å². The van der Waals surface area contributed by atoms with Gasteiger partial charge in [-0.15, -0.1) is 18.3 Å². The Hall–Kier alpha value is -3.36. The van der Waals surface area contributed by atoms with E-state index >= 15 is 0 Å². The number of aliphatic imine (C=N–C) groups is 2. The fourth-order valence-electron chi connectivity index (χ4n) is 4.29. The van der Waals surface area contributed by atoms with E-state index in [-0.39, 0.29) is 28.8 Å². The molecule has 8 heteroatoms. The summed E-state index contributed by atoms with van der Waals surface area (Å²) in [4.78, 5) is 35.7. The summed E-state index contributed by atoms with van der Waals surface area (Å²) in [6.45, 7) is 7.63. The summed E-state index contributed by atoms with van der Waals surface area (Å²) in [5.74, 6) is -0.595. The molecule has 0 aliphatic carbocycles. The molecule has 180 valence electrons. The monoisotopic (exact) mass is 512 g/mol. The van der Waals surface area contributed by atoms with Crippen molar-refractivity contribution in [3.05, 3.63) is 96.1 Å². The summed E-state index contributed by atoms with van der Waals surface area (Å²) in [7, 11) is 0. The van der Waals surface area contributed by atoms with Gasteiger partial charge in [0.2, 0.25) is 0 Å². The van der Waals surface area contributed by atoms with E-state index in [1.165, 1.54) is 23.5 Å². The normalized spacial score (nSPS) is 22.7. The Labute approximate surface area is 218 Å². The molecule has 0 aromatic heterocycles. The number of carbonyl (C=O) groups is 2. The number of allylic oxidation sites excluding steroid dienone is 2. The zero-order chi connectivity index (χ0) is 25.1. The largest absolute Gasteiger partial charge is 0.293 e. The van der Waals surface area contributed by atoms with Crippen LogP contribution in [0.5, 0.6) is 0 Å².